The van der Waals surface area contributed by atoms with E-state index in [-0.39, 0.29) is 11.7 Å². The van der Waals surface area contributed by atoms with E-state index in [2.05, 4.69) is 76.7 Å². The van der Waals surface area contributed by atoms with Crippen LogP contribution in [0.25, 0.3) is 0 Å². The van der Waals surface area contributed by atoms with Crippen molar-refractivity contribution in [2.75, 3.05) is 20.2 Å². The Hall–Kier alpha value is -3.41. The lowest BCUT2D eigenvalue weighted by molar-refractivity contribution is -0.128. The lowest BCUT2D eigenvalue weighted by Crippen LogP contribution is -2.54. The number of piperidine rings is 1. The summed E-state index contributed by atoms with van der Waals surface area (Å²) in [6.07, 6.45) is 14.9. The van der Waals surface area contributed by atoms with Crippen molar-refractivity contribution in [2.24, 2.45) is 11.3 Å². The molecule has 1 N–H and O–H groups in total. The predicted molar refractivity (Wildman–Crippen MR) is 144 cm³/mol. The Labute approximate surface area is 219 Å². The SMILES string of the molecule is COc1ccc(CC2C(=O)CC=C3N(C4(O)CCN(Cc5ccccc5)CC4)C=C4C=CC=CC432)cc1. The monoisotopic (exact) mass is 494 g/mol. The van der Waals surface area contributed by atoms with Gasteiger partial charge in [-0.05, 0) is 35.3 Å². The van der Waals surface area contributed by atoms with E-state index in [9.17, 15) is 9.90 Å². The van der Waals surface area contributed by atoms with Crippen molar-refractivity contribution in [3.05, 3.63) is 114 Å². The quantitative estimate of drug-likeness (QED) is 0.612. The van der Waals surface area contributed by atoms with Gasteiger partial charge in [0.15, 0.2) is 0 Å². The van der Waals surface area contributed by atoms with E-state index in [4.69, 9.17) is 4.74 Å². The van der Waals surface area contributed by atoms with Gasteiger partial charge in [0.25, 0.3) is 0 Å². The number of hydrogen-bond acceptors (Lipinski definition) is 5. The molecule has 4 aliphatic rings. The third-order valence-corrected chi connectivity index (χ3v) is 8.56. The normalized spacial score (nSPS) is 26.4. The number of ether oxygens (including phenoxy) is 1. The summed E-state index contributed by atoms with van der Waals surface area (Å²) < 4.78 is 5.32. The standard InChI is InChI=1S/C32H34N2O3/c1-37-27-12-10-24(11-13-27)21-28-29(35)14-15-30-32(28)16-6-5-9-26(32)23-34(30)31(36)17-19-33(20-18-31)22-25-7-3-2-4-8-25/h2-13,15-16,23,28,36H,14,17-22H2,1H3. The highest BCUT2D eigenvalue weighted by molar-refractivity contribution is 5.88. The summed E-state index contributed by atoms with van der Waals surface area (Å²) >= 11 is 0. The first kappa shape index (κ1) is 24.0. The molecule has 2 aromatic rings. The van der Waals surface area contributed by atoms with Gasteiger partial charge in [0, 0.05) is 56.7 Å². The molecule has 5 nitrogen and oxygen atoms in total. The summed E-state index contributed by atoms with van der Waals surface area (Å²) in [5.41, 5.74) is 3.05. The van der Waals surface area contributed by atoms with Crippen molar-refractivity contribution in [3.8, 4) is 5.75 Å². The second kappa shape index (κ2) is 9.47. The number of likely N-dealkylation sites (tertiary alicyclic amines) is 1. The lowest BCUT2D eigenvalue weighted by Gasteiger charge is -2.48. The predicted octanol–water partition coefficient (Wildman–Crippen LogP) is 5.01. The Bertz CT molecular complexity index is 1280. The molecule has 5 heteroatoms. The van der Waals surface area contributed by atoms with Crippen molar-refractivity contribution in [2.45, 2.75) is 38.0 Å². The van der Waals surface area contributed by atoms with E-state index in [1.807, 2.05) is 24.3 Å². The van der Waals surface area contributed by atoms with E-state index in [0.29, 0.717) is 25.7 Å². The van der Waals surface area contributed by atoms with Gasteiger partial charge in [-0.25, -0.2) is 0 Å². The van der Waals surface area contributed by atoms with Crippen molar-refractivity contribution < 1.29 is 14.6 Å². The number of ketones is 1. The lowest BCUT2D eigenvalue weighted by atomic mass is 9.61. The Balaban J connectivity index is 1.26. The second-order valence-electron chi connectivity index (χ2n) is 10.7. The van der Waals surface area contributed by atoms with Crippen LogP contribution in [0.2, 0.25) is 0 Å². The zero-order valence-corrected chi connectivity index (χ0v) is 21.3. The van der Waals surface area contributed by atoms with Crippen molar-refractivity contribution >= 4 is 5.78 Å². The molecule has 0 radical (unpaired) electrons. The van der Waals surface area contributed by atoms with Gasteiger partial charge in [-0.15, -0.1) is 0 Å². The van der Waals surface area contributed by atoms with E-state index >= 15 is 0 Å². The molecule has 1 spiro atoms. The number of Topliss-reactive ketones (excluding diaryl/α,β-unsaturated/α-hetero) is 1. The number of allylic oxidation sites excluding steroid dienone is 5. The number of hydrogen-bond donors (Lipinski definition) is 1. The fourth-order valence-corrected chi connectivity index (χ4v) is 6.52. The van der Waals surface area contributed by atoms with Gasteiger partial charge < -0.3 is 14.7 Å². The van der Waals surface area contributed by atoms with Gasteiger partial charge in [-0.3, -0.25) is 9.69 Å². The van der Waals surface area contributed by atoms with Gasteiger partial charge in [0.2, 0.25) is 0 Å². The molecular weight excluding hydrogens is 460 g/mol. The topological polar surface area (TPSA) is 53.0 Å². The smallest absolute Gasteiger partial charge is 0.143 e. The van der Waals surface area contributed by atoms with E-state index in [1.54, 1.807) is 7.11 Å². The molecule has 1 saturated heterocycles. The zero-order valence-electron chi connectivity index (χ0n) is 21.3. The highest BCUT2D eigenvalue weighted by Crippen LogP contribution is 2.57. The molecule has 2 aromatic carbocycles. The highest BCUT2D eigenvalue weighted by atomic mass is 16.5. The number of nitrogens with zero attached hydrogens (tertiary/aromatic N) is 2. The molecular formula is C32H34N2O3. The van der Waals surface area contributed by atoms with E-state index in [1.165, 1.54) is 5.56 Å². The van der Waals surface area contributed by atoms with Crippen LogP contribution >= 0.6 is 0 Å². The molecule has 0 bridgehead atoms. The molecule has 2 aliphatic heterocycles. The minimum Gasteiger partial charge on any atom is -0.497 e. The van der Waals surface area contributed by atoms with Crippen LogP contribution in [-0.2, 0) is 17.8 Å². The average molecular weight is 495 g/mol. The van der Waals surface area contributed by atoms with Crippen LogP contribution < -0.4 is 4.74 Å². The number of rotatable bonds is 6. The molecule has 0 aromatic heterocycles. The van der Waals surface area contributed by atoms with Crippen molar-refractivity contribution in [3.63, 3.8) is 0 Å². The van der Waals surface area contributed by atoms with Crippen molar-refractivity contribution in [1.29, 1.82) is 0 Å². The molecule has 6 rings (SSSR count). The Morgan fingerprint density at radius 1 is 1.00 bits per heavy atom. The zero-order chi connectivity index (χ0) is 25.5. The number of aliphatic hydroxyl groups is 1. The molecule has 1 fully saturated rings. The van der Waals surface area contributed by atoms with Gasteiger partial charge >= 0.3 is 0 Å². The molecule has 0 saturated carbocycles. The van der Waals surface area contributed by atoms with Crippen LogP contribution in [0.4, 0.5) is 0 Å². The third-order valence-electron chi connectivity index (χ3n) is 8.56. The molecule has 190 valence electrons. The average Bonchev–Trinajstić information content (AvgIpc) is 3.29. The van der Waals surface area contributed by atoms with Crippen LogP contribution in [0.5, 0.6) is 5.75 Å². The molecule has 2 heterocycles. The number of carbonyl (C=O) groups is 1. The fourth-order valence-electron chi connectivity index (χ4n) is 6.52. The van der Waals surface area contributed by atoms with Gasteiger partial charge in [0.1, 0.15) is 17.3 Å². The Morgan fingerprint density at radius 2 is 1.76 bits per heavy atom. The number of methoxy groups -OCH3 is 1. The summed E-state index contributed by atoms with van der Waals surface area (Å²) in [4.78, 5) is 18.0. The Kier molecular flexibility index (Phi) is 6.13. The van der Waals surface area contributed by atoms with E-state index < -0.39 is 11.1 Å². The Morgan fingerprint density at radius 3 is 2.49 bits per heavy atom. The third kappa shape index (κ3) is 4.16. The minimum atomic E-state index is -0.969. The highest BCUT2D eigenvalue weighted by Gasteiger charge is 2.56. The number of carbonyl (C=O) groups excluding carboxylic acids is 1. The second-order valence-corrected chi connectivity index (χ2v) is 10.7. The first-order valence-corrected chi connectivity index (χ1v) is 13.2. The maximum absolute atomic E-state index is 13.5. The molecule has 37 heavy (non-hydrogen) atoms. The molecule has 2 aliphatic carbocycles. The number of benzene rings is 2. The summed E-state index contributed by atoms with van der Waals surface area (Å²) in [5.74, 6) is 0.837. The summed E-state index contributed by atoms with van der Waals surface area (Å²) in [7, 11) is 1.66. The molecule has 2 unspecified atom stereocenters. The maximum Gasteiger partial charge on any atom is 0.143 e. The van der Waals surface area contributed by atoms with Gasteiger partial charge in [-0.2, -0.15) is 0 Å². The van der Waals surface area contributed by atoms with Crippen LogP contribution in [0, 0.1) is 11.3 Å². The van der Waals surface area contributed by atoms with Crippen LogP contribution in [-0.4, -0.2) is 46.6 Å². The van der Waals surface area contributed by atoms with Crippen LogP contribution in [0.15, 0.2) is 102 Å². The van der Waals surface area contributed by atoms with Crippen molar-refractivity contribution in [1.82, 2.24) is 9.80 Å². The summed E-state index contributed by atoms with van der Waals surface area (Å²) in [5, 5.41) is 12.0. The van der Waals surface area contributed by atoms with Crippen LogP contribution in [0.1, 0.15) is 30.4 Å². The first-order valence-electron chi connectivity index (χ1n) is 13.2. The van der Waals surface area contributed by atoms with E-state index in [0.717, 1.165) is 42.2 Å². The molecule has 2 atom stereocenters. The van der Waals surface area contributed by atoms with Gasteiger partial charge in [-0.1, -0.05) is 72.8 Å². The minimum absolute atomic E-state index is 0.222. The molecule has 0 amide bonds. The fraction of sp³-hybridized carbons (Fsp3) is 0.344. The summed E-state index contributed by atoms with van der Waals surface area (Å²) in [6.45, 7) is 2.55. The maximum atomic E-state index is 13.5. The summed E-state index contributed by atoms with van der Waals surface area (Å²) in [6, 6.07) is 18.5. The first-order chi connectivity index (χ1) is 18.0. The van der Waals surface area contributed by atoms with Crippen LogP contribution in [0.3, 0.4) is 0 Å². The van der Waals surface area contributed by atoms with Gasteiger partial charge in [0.05, 0.1) is 12.5 Å². The largest absolute Gasteiger partial charge is 0.497 e.